The highest BCUT2D eigenvalue weighted by Crippen LogP contribution is 2.28. The summed E-state index contributed by atoms with van der Waals surface area (Å²) >= 11 is 0. The molecule has 7 nitrogen and oxygen atoms in total. The summed E-state index contributed by atoms with van der Waals surface area (Å²) in [5.74, 6) is 0.150. The number of amides is 1. The molecule has 0 saturated heterocycles. The molecule has 0 radical (unpaired) electrons. The fourth-order valence-electron chi connectivity index (χ4n) is 3.87. The number of rotatable bonds is 10. The van der Waals surface area contributed by atoms with E-state index in [4.69, 9.17) is 4.74 Å². The molecule has 4 rings (SSSR count). The average Bonchev–Trinajstić information content (AvgIpc) is 2.94. The Morgan fingerprint density at radius 1 is 0.872 bits per heavy atom. The van der Waals surface area contributed by atoms with Crippen LogP contribution < -0.4 is 14.5 Å². The van der Waals surface area contributed by atoms with E-state index in [0.29, 0.717) is 18.0 Å². The van der Waals surface area contributed by atoms with Gasteiger partial charge in [-0.2, -0.15) is 5.10 Å². The van der Waals surface area contributed by atoms with Gasteiger partial charge in [0.15, 0.2) is 0 Å². The van der Waals surface area contributed by atoms with Gasteiger partial charge in [-0.15, -0.1) is 0 Å². The van der Waals surface area contributed by atoms with E-state index >= 15 is 0 Å². The quantitative estimate of drug-likeness (QED) is 0.211. The Kier molecular flexibility index (Phi) is 8.78. The van der Waals surface area contributed by atoms with Gasteiger partial charge in [0.2, 0.25) is 0 Å². The molecule has 4 aromatic carbocycles. The molecule has 39 heavy (non-hydrogen) atoms. The number of nitrogens with one attached hydrogen (secondary N) is 1. The predicted octanol–water partition coefficient (Wildman–Crippen LogP) is 5.54. The van der Waals surface area contributed by atoms with E-state index in [-0.39, 0.29) is 4.90 Å². The largest absolute Gasteiger partial charge is 0.489 e. The fraction of sp³-hybridized carbons (Fsp3) is 0.161. The number of hydrazone groups is 1. The summed E-state index contributed by atoms with van der Waals surface area (Å²) in [6, 6.07) is 28.9. The Bertz CT molecular complexity index is 1550. The van der Waals surface area contributed by atoms with E-state index in [0.717, 1.165) is 26.6 Å². The van der Waals surface area contributed by atoms with Gasteiger partial charge in [0, 0.05) is 0 Å². The summed E-state index contributed by atoms with van der Waals surface area (Å²) in [5.41, 5.74) is 7.62. The van der Waals surface area contributed by atoms with Crippen molar-refractivity contribution in [1.82, 2.24) is 5.43 Å². The second kappa shape index (κ2) is 12.4. The topological polar surface area (TPSA) is 88.1 Å². The molecule has 0 saturated carbocycles. The maximum Gasteiger partial charge on any atom is 0.264 e. The molecule has 4 aromatic rings. The van der Waals surface area contributed by atoms with E-state index in [1.807, 2.05) is 75.4 Å². The van der Waals surface area contributed by atoms with E-state index in [2.05, 4.69) is 10.5 Å². The standard InChI is InChI=1S/C31H31N3O4S/c1-23-12-14-27(15-13-23)22-38-28-18-16-26(17-19-28)20-32-33-31(35)21-34(30-11-7-8-24(2)25(30)3)39(36,37)29-9-5-4-6-10-29/h4-20H,21-22H2,1-3H3,(H,33,35)/b32-20-. The van der Waals surface area contributed by atoms with Gasteiger partial charge in [-0.05, 0) is 85.5 Å². The molecular formula is C31H31N3O4S. The first-order chi connectivity index (χ1) is 18.7. The van der Waals surface area contributed by atoms with Crippen LogP contribution in [0.5, 0.6) is 5.75 Å². The number of anilines is 1. The van der Waals surface area contributed by atoms with Crippen molar-refractivity contribution in [2.24, 2.45) is 5.10 Å². The molecule has 0 atom stereocenters. The minimum atomic E-state index is -3.99. The second-order valence-corrected chi connectivity index (χ2v) is 11.0. The Balaban J connectivity index is 1.42. The maximum absolute atomic E-state index is 13.5. The molecule has 0 heterocycles. The second-order valence-electron chi connectivity index (χ2n) is 9.18. The van der Waals surface area contributed by atoms with Crippen molar-refractivity contribution in [3.05, 3.63) is 125 Å². The van der Waals surface area contributed by atoms with Crippen LogP contribution in [0.25, 0.3) is 0 Å². The van der Waals surface area contributed by atoms with Crippen LogP contribution in [0.2, 0.25) is 0 Å². The lowest BCUT2D eigenvalue weighted by molar-refractivity contribution is -0.119. The molecule has 0 aliphatic carbocycles. The highest BCUT2D eigenvalue weighted by molar-refractivity contribution is 7.92. The van der Waals surface area contributed by atoms with Crippen LogP contribution in [0.1, 0.15) is 27.8 Å². The van der Waals surface area contributed by atoms with Crippen LogP contribution in [-0.4, -0.2) is 27.1 Å². The lowest BCUT2D eigenvalue weighted by Gasteiger charge is -2.26. The van der Waals surface area contributed by atoms with Crippen molar-refractivity contribution in [1.29, 1.82) is 0 Å². The van der Waals surface area contributed by atoms with E-state index in [9.17, 15) is 13.2 Å². The van der Waals surface area contributed by atoms with Crippen LogP contribution in [0.4, 0.5) is 5.69 Å². The van der Waals surface area contributed by atoms with Gasteiger partial charge >= 0.3 is 0 Å². The number of aryl methyl sites for hydroxylation is 2. The number of carbonyl (C=O) groups excluding carboxylic acids is 1. The van der Waals surface area contributed by atoms with Crippen molar-refractivity contribution in [2.75, 3.05) is 10.8 Å². The molecule has 8 heteroatoms. The highest BCUT2D eigenvalue weighted by Gasteiger charge is 2.28. The first kappa shape index (κ1) is 27.6. The Labute approximate surface area is 229 Å². The zero-order chi connectivity index (χ0) is 27.8. The third-order valence-electron chi connectivity index (χ3n) is 6.27. The summed E-state index contributed by atoms with van der Waals surface area (Å²) in [4.78, 5) is 12.9. The third-order valence-corrected chi connectivity index (χ3v) is 8.05. The number of ether oxygens (including phenoxy) is 1. The van der Waals surface area contributed by atoms with Crippen molar-refractivity contribution in [3.8, 4) is 5.75 Å². The van der Waals surface area contributed by atoms with E-state index < -0.39 is 22.5 Å². The van der Waals surface area contributed by atoms with Crippen LogP contribution >= 0.6 is 0 Å². The molecule has 0 spiro atoms. The third kappa shape index (κ3) is 7.12. The molecule has 200 valence electrons. The van der Waals surface area contributed by atoms with Gasteiger partial charge in [0.1, 0.15) is 18.9 Å². The van der Waals surface area contributed by atoms with Crippen molar-refractivity contribution >= 4 is 27.8 Å². The van der Waals surface area contributed by atoms with Crippen molar-refractivity contribution in [2.45, 2.75) is 32.3 Å². The summed E-state index contributed by atoms with van der Waals surface area (Å²) in [5, 5.41) is 4.03. The van der Waals surface area contributed by atoms with E-state index in [1.54, 1.807) is 30.3 Å². The fourth-order valence-corrected chi connectivity index (χ4v) is 5.37. The molecule has 1 N–H and O–H groups in total. The minimum Gasteiger partial charge on any atom is -0.489 e. The number of hydrogen-bond donors (Lipinski definition) is 1. The normalized spacial score (nSPS) is 11.4. The molecule has 0 aliphatic rings. The summed E-state index contributed by atoms with van der Waals surface area (Å²) in [6.07, 6.45) is 1.50. The Morgan fingerprint density at radius 2 is 1.56 bits per heavy atom. The number of sulfonamides is 1. The zero-order valence-corrected chi connectivity index (χ0v) is 23.0. The molecule has 0 unspecified atom stereocenters. The predicted molar refractivity (Wildman–Crippen MR) is 155 cm³/mol. The van der Waals surface area contributed by atoms with Gasteiger partial charge in [-0.1, -0.05) is 60.2 Å². The maximum atomic E-state index is 13.5. The molecule has 1 amide bonds. The molecule has 0 bridgehead atoms. The smallest absolute Gasteiger partial charge is 0.264 e. The first-order valence-electron chi connectivity index (χ1n) is 12.5. The molecule has 0 fully saturated rings. The average molecular weight is 542 g/mol. The molecular weight excluding hydrogens is 510 g/mol. The van der Waals surface area contributed by atoms with Crippen LogP contribution in [0, 0.1) is 20.8 Å². The van der Waals surface area contributed by atoms with Gasteiger partial charge in [0.05, 0.1) is 16.8 Å². The first-order valence-corrected chi connectivity index (χ1v) is 13.9. The molecule has 0 aliphatic heterocycles. The van der Waals surface area contributed by atoms with Crippen molar-refractivity contribution < 1.29 is 17.9 Å². The highest BCUT2D eigenvalue weighted by atomic mass is 32.2. The van der Waals surface area contributed by atoms with Crippen LogP contribution in [0.15, 0.2) is 107 Å². The number of nitrogens with zero attached hydrogens (tertiary/aromatic N) is 2. The Hall–Kier alpha value is -4.43. The van der Waals surface area contributed by atoms with Crippen LogP contribution in [-0.2, 0) is 21.4 Å². The summed E-state index contributed by atoms with van der Waals surface area (Å²) < 4.78 is 34.0. The van der Waals surface area contributed by atoms with Crippen molar-refractivity contribution in [3.63, 3.8) is 0 Å². The van der Waals surface area contributed by atoms with Crippen LogP contribution in [0.3, 0.4) is 0 Å². The number of benzene rings is 4. The van der Waals surface area contributed by atoms with E-state index in [1.165, 1.54) is 23.9 Å². The summed E-state index contributed by atoms with van der Waals surface area (Å²) in [6.45, 7) is 5.82. The SMILES string of the molecule is Cc1ccc(COc2ccc(/C=N\NC(=O)CN(c3cccc(C)c3C)S(=O)(=O)c3ccccc3)cc2)cc1. The Morgan fingerprint density at radius 3 is 2.26 bits per heavy atom. The number of carbonyl (C=O) groups is 1. The lowest BCUT2D eigenvalue weighted by atomic mass is 10.1. The van der Waals surface area contributed by atoms with Gasteiger partial charge in [-0.3, -0.25) is 9.10 Å². The number of hydrogen-bond acceptors (Lipinski definition) is 5. The van der Waals surface area contributed by atoms with Gasteiger partial charge in [-0.25, -0.2) is 13.8 Å². The molecule has 0 aromatic heterocycles. The van der Waals surface area contributed by atoms with Gasteiger partial charge in [0.25, 0.3) is 15.9 Å². The van der Waals surface area contributed by atoms with Gasteiger partial charge < -0.3 is 4.74 Å². The monoisotopic (exact) mass is 541 g/mol. The lowest BCUT2D eigenvalue weighted by Crippen LogP contribution is -2.40. The zero-order valence-electron chi connectivity index (χ0n) is 22.2. The minimum absolute atomic E-state index is 0.104. The summed E-state index contributed by atoms with van der Waals surface area (Å²) in [7, 11) is -3.99.